The van der Waals surface area contributed by atoms with Crippen LogP contribution in [0.25, 0.3) is 0 Å². The van der Waals surface area contributed by atoms with Crippen LogP contribution in [0, 0.1) is 11.3 Å². The number of nitrogens with zero attached hydrogens (tertiary/aromatic N) is 3. The molecule has 0 aliphatic carbocycles. The Balaban J connectivity index is 1.84. The predicted molar refractivity (Wildman–Crippen MR) is 112 cm³/mol. The molecule has 3 rings (SSSR count). The van der Waals surface area contributed by atoms with Crippen LogP contribution in [0.4, 0.5) is 23.1 Å². The van der Waals surface area contributed by atoms with Crippen molar-refractivity contribution in [2.24, 2.45) is 0 Å². The van der Waals surface area contributed by atoms with Gasteiger partial charge in [-0.1, -0.05) is 23.2 Å². The molecule has 0 aliphatic heterocycles. The maximum Gasteiger partial charge on any atom is 0.229 e. The van der Waals surface area contributed by atoms with Gasteiger partial charge in [0.15, 0.2) is 0 Å². The number of hydrogen-bond donors (Lipinski definition) is 2. The molecule has 0 amide bonds. The summed E-state index contributed by atoms with van der Waals surface area (Å²) in [5.41, 5.74) is 1.95. The molecule has 2 N–H and O–H groups in total. The van der Waals surface area contributed by atoms with E-state index in [0.717, 1.165) is 5.69 Å². The van der Waals surface area contributed by atoms with Gasteiger partial charge in [0.05, 0.1) is 31.8 Å². The number of anilines is 4. The normalized spacial score (nSPS) is 10.3. The Bertz CT molecular complexity index is 1000. The monoisotopic (exact) mass is 511 g/mol. The Morgan fingerprint density at radius 3 is 2.46 bits per heavy atom. The summed E-state index contributed by atoms with van der Waals surface area (Å²) in [7, 11) is 0. The van der Waals surface area contributed by atoms with E-state index in [4.69, 9.17) is 28.5 Å². The molecule has 0 radical (unpaired) electrons. The lowest BCUT2D eigenvalue weighted by molar-refractivity contribution is 1.16. The first-order valence-electron chi connectivity index (χ1n) is 7.18. The van der Waals surface area contributed by atoms with Crippen molar-refractivity contribution in [2.75, 3.05) is 10.6 Å². The van der Waals surface area contributed by atoms with E-state index in [9.17, 15) is 0 Å². The molecule has 1 heterocycles. The van der Waals surface area contributed by atoms with Gasteiger partial charge in [-0.2, -0.15) is 10.2 Å². The summed E-state index contributed by atoms with van der Waals surface area (Å²) in [5, 5.41) is 16.0. The minimum Gasteiger partial charge on any atom is -0.338 e. The van der Waals surface area contributed by atoms with Crippen LogP contribution in [-0.2, 0) is 0 Å². The largest absolute Gasteiger partial charge is 0.338 e. The lowest BCUT2D eigenvalue weighted by Gasteiger charge is -2.13. The van der Waals surface area contributed by atoms with Gasteiger partial charge in [0.2, 0.25) is 5.95 Å². The Morgan fingerprint density at radius 2 is 1.77 bits per heavy atom. The lowest BCUT2D eigenvalue weighted by Crippen LogP contribution is -2.01. The van der Waals surface area contributed by atoms with Crippen molar-refractivity contribution in [1.82, 2.24) is 9.97 Å². The molecule has 1 aromatic heterocycles. The summed E-state index contributed by atoms with van der Waals surface area (Å²) in [6.45, 7) is 0. The predicted octanol–water partition coefficient (Wildman–Crippen LogP) is 6.67. The van der Waals surface area contributed by atoms with Gasteiger partial charge >= 0.3 is 0 Å². The maximum atomic E-state index is 8.85. The van der Waals surface area contributed by atoms with Crippen LogP contribution in [0.5, 0.6) is 0 Å². The molecule has 0 atom stereocenters. The van der Waals surface area contributed by atoms with Crippen molar-refractivity contribution in [1.29, 1.82) is 5.26 Å². The highest BCUT2D eigenvalue weighted by molar-refractivity contribution is 9.11. The van der Waals surface area contributed by atoms with E-state index in [2.05, 4.69) is 58.5 Å². The number of benzene rings is 2. The fraction of sp³-hybridized carbons (Fsp3) is 0. The summed E-state index contributed by atoms with van der Waals surface area (Å²) in [5.74, 6) is 0.937. The van der Waals surface area contributed by atoms with Crippen LogP contribution in [-0.4, -0.2) is 9.97 Å². The third-order valence-electron chi connectivity index (χ3n) is 3.29. The van der Waals surface area contributed by atoms with Crippen LogP contribution >= 0.6 is 55.1 Å². The quantitative estimate of drug-likeness (QED) is 0.301. The van der Waals surface area contributed by atoms with Crippen molar-refractivity contribution < 1.29 is 0 Å². The van der Waals surface area contributed by atoms with Gasteiger partial charge in [-0.15, -0.1) is 0 Å². The van der Waals surface area contributed by atoms with Gasteiger partial charge < -0.3 is 10.6 Å². The third kappa shape index (κ3) is 4.27. The summed E-state index contributed by atoms with van der Waals surface area (Å²) < 4.78 is 1.31. The summed E-state index contributed by atoms with van der Waals surface area (Å²) in [6.07, 6.45) is 1.61. The molecule has 0 unspecified atom stereocenters. The summed E-state index contributed by atoms with van der Waals surface area (Å²) >= 11 is 19.3. The molecule has 0 spiro atoms. The van der Waals surface area contributed by atoms with Crippen LogP contribution in [0.15, 0.2) is 51.5 Å². The molecule has 0 bridgehead atoms. The van der Waals surface area contributed by atoms with E-state index in [0.29, 0.717) is 42.0 Å². The fourth-order valence-electron chi connectivity index (χ4n) is 2.05. The van der Waals surface area contributed by atoms with E-state index in [1.165, 1.54) is 0 Å². The molecule has 0 aliphatic rings. The van der Waals surface area contributed by atoms with E-state index in [-0.39, 0.29) is 0 Å². The second-order valence-electron chi connectivity index (χ2n) is 5.05. The minimum absolute atomic E-state index is 0.398. The molecule has 0 saturated heterocycles. The van der Waals surface area contributed by atoms with Gasteiger partial charge in [-0.3, -0.25) is 0 Å². The molecular formula is C17H9Br2Cl2N5. The highest BCUT2D eigenvalue weighted by Gasteiger charge is 2.14. The second-order valence-corrected chi connectivity index (χ2v) is 7.48. The maximum absolute atomic E-state index is 8.85. The topological polar surface area (TPSA) is 73.6 Å². The zero-order valence-electron chi connectivity index (χ0n) is 12.9. The van der Waals surface area contributed by atoms with E-state index >= 15 is 0 Å². The van der Waals surface area contributed by atoms with Crippen molar-refractivity contribution in [3.63, 3.8) is 0 Å². The van der Waals surface area contributed by atoms with Crippen LogP contribution in [0.1, 0.15) is 5.56 Å². The number of aromatic nitrogens is 2. The first-order valence-corrected chi connectivity index (χ1v) is 9.52. The Morgan fingerprint density at radius 1 is 1.04 bits per heavy atom. The van der Waals surface area contributed by atoms with Crippen LogP contribution in [0.3, 0.4) is 0 Å². The van der Waals surface area contributed by atoms with Crippen molar-refractivity contribution >= 4 is 78.2 Å². The van der Waals surface area contributed by atoms with E-state index in [1.807, 2.05) is 0 Å². The molecule has 130 valence electrons. The highest BCUT2D eigenvalue weighted by atomic mass is 79.9. The van der Waals surface area contributed by atoms with Gasteiger partial charge in [0.25, 0.3) is 0 Å². The molecule has 2 aromatic carbocycles. The van der Waals surface area contributed by atoms with Crippen molar-refractivity contribution in [3.05, 3.63) is 67.1 Å². The van der Waals surface area contributed by atoms with E-state index in [1.54, 1.807) is 42.6 Å². The van der Waals surface area contributed by atoms with Gasteiger partial charge in [-0.05, 0) is 68.3 Å². The van der Waals surface area contributed by atoms with Gasteiger partial charge in [0.1, 0.15) is 5.82 Å². The Hall–Kier alpha value is -1.85. The van der Waals surface area contributed by atoms with Gasteiger partial charge in [0, 0.05) is 16.4 Å². The average molecular weight is 514 g/mol. The second kappa shape index (κ2) is 8.23. The van der Waals surface area contributed by atoms with Crippen LogP contribution in [0.2, 0.25) is 10.0 Å². The molecule has 9 heteroatoms. The molecule has 0 fully saturated rings. The zero-order valence-corrected chi connectivity index (χ0v) is 17.6. The SMILES string of the molecule is N#Cc1ccc(Nc2nccc(Nc3c(Cl)cc(Br)c(Cl)c3Br)n2)cc1. The number of halogens is 4. The Kier molecular flexibility index (Phi) is 5.99. The number of rotatable bonds is 4. The third-order valence-corrected chi connectivity index (χ3v) is 5.86. The van der Waals surface area contributed by atoms with Crippen molar-refractivity contribution in [3.8, 4) is 6.07 Å². The van der Waals surface area contributed by atoms with Crippen LogP contribution < -0.4 is 10.6 Å². The number of nitriles is 1. The molecule has 26 heavy (non-hydrogen) atoms. The lowest BCUT2D eigenvalue weighted by atomic mass is 10.2. The minimum atomic E-state index is 0.398. The Labute approximate surface area is 176 Å². The number of nitrogens with one attached hydrogen (secondary N) is 2. The highest BCUT2D eigenvalue weighted by Crippen LogP contribution is 2.42. The smallest absolute Gasteiger partial charge is 0.229 e. The van der Waals surface area contributed by atoms with Gasteiger partial charge in [-0.25, -0.2) is 4.98 Å². The van der Waals surface area contributed by atoms with Crippen molar-refractivity contribution in [2.45, 2.75) is 0 Å². The first kappa shape index (κ1) is 18.9. The molecule has 5 nitrogen and oxygen atoms in total. The van der Waals surface area contributed by atoms with E-state index < -0.39 is 0 Å². The fourth-order valence-corrected chi connectivity index (χ4v) is 3.92. The molecule has 0 saturated carbocycles. The molecule has 3 aromatic rings. The number of hydrogen-bond acceptors (Lipinski definition) is 5. The average Bonchev–Trinajstić information content (AvgIpc) is 2.64. The standard InChI is InChI=1S/C17H9Br2Cl2N5/c18-11-7-12(20)16(14(19)15(11)21)25-13-5-6-23-17(26-13)24-10-3-1-9(8-22)2-4-10/h1-7H,(H2,23,24,25,26). The zero-order chi connectivity index (χ0) is 18.7. The summed E-state index contributed by atoms with van der Waals surface area (Å²) in [6, 6.07) is 12.5. The summed E-state index contributed by atoms with van der Waals surface area (Å²) in [4.78, 5) is 8.60. The first-order chi connectivity index (χ1) is 12.5. The molecular weight excluding hydrogens is 505 g/mol.